The molecule has 0 aliphatic heterocycles. The highest BCUT2D eigenvalue weighted by atomic mass is 16.5. The first-order chi connectivity index (χ1) is 16.1. The van der Waals surface area contributed by atoms with E-state index in [1.807, 2.05) is 70.2 Å². The van der Waals surface area contributed by atoms with Crippen LogP contribution in [0.15, 0.2) is 48.2 Å². The van der Waals surface area contributed by atoms with Gasteiger partial charge in [-0.15, -0.1) is 0 Å². The van der Waals surface area contributed by atoms with Crippen LogP contribution in [0.2, 0.25) is 0 Å². The Kier molecular flexibility index (Phi) is 14.2. The molecular formula is C26H43N3O5. The molecular weight excluding hydrogens is 434 g/mol. The lowest BCUT2D eigenvalue weighted by molar-refractivity contribution is -0.127. The summed E-state index contributed by atoms with van der Waals surface area (Å²) in [6, 6.07) is 0. The second kappa shape index (κ2) is 16.2. The summed E-state index contributed by atoms with van der Waals surface area (Å²) in [7, 11) is 1.63. The van der Waals surface area contributed by atoms with E-state index in [0.717, 1.165) is 5.70 Å². The first kappa shape index (κ1) is 29.6. The summed E-state index contributed by atoms with van der Waals surface area (Å²) >= 11 is 0. The molecule has 0 aromatic carbocycles. The predicted octanol–water partition coefficient (Wildman–Crippen LogP) is 2.50. The summed E-state index contributed by atoms with van der Waals surface area (Å²) < 4.78 is 16.8. The van der Waals surface area contributed by atoms with Crippen molar-refractivity contribution in [3.8, 4) is 0 Å². The second-order valence-corrected chi connectivity index (χ2v) is 9.79. The summed E-state index contributed by atoms with van der Waals surface area (Å²) in [5.74, 6) is -0.169. The molecule has 1 rings (SSSR count). The van der Waals surface area contributed by atoms with Gasteiger partial charge in [-0.3, -0.25) is 9.59 Å². The van der Waals surface area contributed by atoms with E-state index in [1.54, 1.807) is 7.05 Å². The zero-order valence-electron chi connectivity index (χ0n) is 21.4. The molecule has 8 nitrogen and oxygen atoms in total. The van der Waals surface area contributed by atoms with E-state index in [-0.39, 0.29) is 29.3 Å². The number of nitrogens with one attached hydrogen (secondary N) is 3. The number of carbonyl (C=O) groups is 2. The third kappa shape index (κ3) is 15.4. The molecule has 0 unspecified atom stereocenters. The molecule has 3 N–H and O–H groups in total. The standard InChI is InChI=1S/C26H43N3O5/c1-25(2,17-23(30)27-5)20-34-21-26(3,4)19-29-24(31)18-33-16-15-32-14-13-28-22-11-9-7-6-8-10-12-22/h6-12,28H,13-21H2,1-5H3,(H,27,30)(H,29,31)/b7-6-,8-6?,9-7?,10-8-,11-9-,12-10?,22-11?,22-12+. The van der Waals surface area contributed by atoms with Gasteiger partial charge in [-0.1, -0.05) is 58.1 Å². The molecule has 0 bridgehead atoms. The van der Waals surface area contributed by atoms with E-state index in [9.17, 15) is 9.59 Å². The van der Waals surface area contributed by atoms with E-state index >= 15 is 0 Å². The fourth-order valence-electron chi connectivity index (χ4n) is 2.95. The molecule has 0 atom stereocenters. The minimum atomic E-state index is -0.247. The van der Waals surface area contributed by atoms with Gasteiger partial charge in [0.15, 0.2) is 0 Å². The van der Waals surface area contributed by atoms with Crippen molar-refractivity contribution in [3.05, 3.63) is 48.2 Å². The molecule has 0 fully saturated rings. The van der Waals surface area contributed by atoms with Crippen molar-refractivity contribution in [2.24, 2.45) is 10.8 Å². The lowest BCUT2D eigenvalue weighted by Crippen LogP contribution is -2.39. The van der Waals surface area contributed by atoms with Gasteiger partial charge in [-0.2, -0.15) is 0 Å². The third-order valence-corrected chi connectivity index (χ3v) is 4.84. The SMILES string of the molecule is CNC(=O)CC(C)(C)COCC(C)(C)CNC(=O)COCCOCCNC1=C/C=C\C=C/C=C\1. The van der Waals surface area contributed by atoms with Crippen LogP contribution >= 0.6 is 0 Å². The highest BCUT2D eigenvalue weighted by Gasteiger charge is 2.25. The van der Waals surface area contributed by atoms with Gasteiger partial charge in [-0.25, -0.2) is 0 Å². The van der Waals surface area contributed by atoms with Gasteiger partial charge in [0.1, 0.15) is 6.61 Å². The molecule has 0 saturated heterocycles. The second-order valence-electron chi connectivity index (χ2n) is 9.79. The molecule has 192 valence electrons. The Labute approximate surface area is 204 Å². The molecule has 1 aliphatic carbocycles. The number of allylic oxidation sites excluding steroid dienone is 7. The molecule has 0 heterocycles. The molecule has 0 saturated carbocycles. The van der Waals surface area contributed by atoms with E-state index in [4.69, 9.17) is 14.2 Å². The van der Waals surface area contributed by atoms with Crippen molar-refractivity contribution in [1.29, 1.82) is 0 Å². The summed E-state index contributed by atoms with van der Waals surface area (Å²) in [4.78, 5) is 23.6. The van der Waals surface area contributed by atoms with Gasteiger partial charge in [0.25, 0.3) is 0 Å². The number of carbonyl (C=O) groups excluding carboxylic acids is 2. The number of rotatable bonds is 17. The molecule has 0 spiro atoms. The first-order valence-electron chi connectivity index (χ1n) is 11.8. The lowest BCUT2D eigenvalue weighted by Gasteiger charge is -2.29. The topological polar surface area (TPSA) is 97.9 Å². The number of hydrogen-bond acceptors (Lipinski definition) is 6. The van der Waals surface area contributed by atoms with Crippen LogP contribution in [0, 0.1) is 10.8 Å². The molecule has 0 aromatic heterocycles. The molecule has 8 heteroatoms. The molecule has 2 amide bonds. The van der Waals surface area contributed by atoms with Crippen LogP contribution < -0.4 is 16.0 Å². The van der Waals surface area contributed by atoms with Gasteiger partial charge < -0.3 is 30.2 Å². The highest BCUT2D eigenvalue weighted by molar-refractivity contribution is 5.77. The van der Waals surface area contributed by atoms with Crippen LogP contribution in [0.1, 0.15) is 34.1 Å². The largest absolute Gasteiger partial charge is 0.383 e. The fraction of sp³-hybridized carbons (Fsp3) is 0.615. The van der Waals surface area contributed by atoms with Crippen molar-refractivity contribution in [2.45, 2.75) is 34.1 Å². The average Bonchev–Trinajstić information content (AvgIpc) is 2.74. The smallest absolute Gasteiger partial charge is 0.246 e. The van der Waals surface area contributed by atoms with Gasteiger partial charge in [0.2, 0.25) is 11.8 Å². The van der Waals surface area contributed by atoms with E-state index in [0.29, 0.717) is 52.5 Å². The zero-order chi connectivity index (χ0) is 25.3. The van der Waals surface area contributed by atoms with Crippen molar-refractivity contribution in [2.75, 3.05) is 59.8 Å². The Morgan fingerprint density at radius 2 is 1.50 bits per heavy atom. The maximum absolute atomic E-state index is 12.0. The van der Waals surface area contributed by atoms with Crippen LogP contribution in [0.3, 0.4) is 0 Å². The number of amides is 2. The highest BCUT2D eigenvalue weighted by Crippen LogP contribution is 2.22. The number of ether oxygens (including phenoxy) is 3. The first-order valence-corrected chi connectivity index (χ1v) is 11.8. The van der Waals surface area contributed by atoms with Crippen molar-refractivity contribution in [3.63, 3.8) is 0 Å². The summed E-state index contributed by atoms with van der Waals surface area (Å²) in [5.41, 5.74) is 0.545. The quantitative estimate of drug-likeness (QED) is 0.279. The minimum absolute atomic E-state index is 0.00190. The van der Waals surface area contributed by atoms with E-state index < -0.39 is 0 Å². The normalized spacial score (nSPS) is 18.1. The molecule has 0 aromatic rings. The van der Waals surface area contributed by atoms with Crippen molar-refractivity contribution in [1.82, 2.24) is 16.0 Å². The lowest BCUT2D eigenvalue weighted by atomic mass is 9.89. The van der Waals surface area contributed by atoms with Gasteiger partial charge in [0.05, 0.1) is 33.0 Å². The summed E-state index contributed by atoms with van der Waals surface area (Å²) in [5, 5.41) is 8.82. The Morgan fingerprint density at radius 1 is 0.824 bits per heavy atom. The molecule has 1 aliphatic rings. The Bertz CT molecular complexity index is 739. The molecule has 0 radical (unpaired) electrons. The van der Waals surface area contributed by atoms with Crippen LogP contribution in [0.4, 0.5) is 0 Å². The van der Waals surface area contributed by atoms with Gasteiger partial charge >= 0.3 is 0 Å². The average molecular weight is 478 g/mol. The molecule has 34 heavy (non-hydrogen) atoms. The maximum Gasteiger partial charge on any atom is 0.246 e. The summed E-state index contributed by atoms with van der Waals surface area (Å²) in [6.07, 6.45) is 14.3. The van der Waals surface area contributed by atoms with Crippen molar-refractivity contribution < 1.29 is 23.8 Å². The van der Waals surface area contributed by atoms with Gasteiger partial charge in [0, 0.05) is 37.7 Å². The van der Waals surface area contributed by atoms with Crippen LogP contribution in [-0.4, -0.2) is 71.6 Å². The van der Waals surface area contributed by atoms with Crippen LogP contribution in [0.5, 0.6) is 0 Å². The Hall–Kier alpha value is -2.42. The number of hydrogen-bond donors (Lipinski definition) is 3. The van der Waals surface area contributed by atoms with E-state index in [2.05, 4.69) is 16.0 Å². The fourth-order valence-corrected chi connectivity index (χ4v) is 2.95. The summed E-state index contributed by atoms with van der Waals surface area (Å²) in [6.45, 7) is 11.5. The maximum atomic E-state index is 12.0. The zero-order valence-corrected chi connectivity index (χ0v) is 21.4. The van der Waals surface area contributed by atoms with Crippen molar-refractivity contribution >= 4 is 11.8 Å². The van der Waals surface area contributed by atoms with Crippen LogP contribution in [0.25, 0.3) is 0 Å². The Balaban J connectivity index is 2.07. The van der Waals surface area contributed by atoms with Crippen LogP contribution in [-0.2, 0) is 23.8 Å². The third-order valence-electron chi connectivity index (χ3n) is 4.84. The predicted molar refractivity (Wildman–Crippen MR) is 135 cm³/mol. The minimum Gasteiger partial charge on any atom is -0.383 e. The Morgan fingerprint density at radius 3 is 2.26 bits per heavy atom. The van der Waals surface area contributed by atoms with Gasteiger partial charge in [-0.05, 0) is 17.6 Å². The monoisotopic (exact) mass is 477 g/mol. The van der Waals surface area contributed by atoms with E-state index in [1.165, 1.54) is 0 Å².